The zero-order valence-electron chi connectivity index (χ0n) is 74.1. The maximum atomic E-state index is 15.6. The highest BCUT2D eigenvalue weighted by atomic mass is 32.0. The van der Waals surface area contributed by atoms with Crippen LogP contribution in [0.3, 0.4) is 0 Å². The van der Waals surface area contributed by atoms with Crippen molar-refractivity contribution in [3.05, 3.63) is 150 Å². The molecule has 5 aliphatic rings. The van der Waals surface area contributed by atoms with Crippen LogP contribution in [0.1, 0.15) is 179 Å². The monoisotopic (exact) mass is 1770 g/mol. The van der Waals surface area contributed by atoms with Gasteiger partial charge in [0.25, 0.3) is 5.69 Å². The third kappa shape index (κ3) is 29.2. The van der Waals surface area contributed by atoms with Crippen LogP contribution in [0.25, 0.3) is 0 Å². The Hall–Kier alpha value is -4.11. The number of nitro benzene ring substituents is 1. The van der Waals surface area contributed by atoms with E-state index in [2.05, 4.69) is 160 Å². The summed E-state index contributed by atoms with van der Waals surface area (Å²) in [5.41, 5.74) is 0.166. The summed E-state index contributed by atoms with van der Waals surface area (Å²) in [6.07, 6.45) is 20.7. The number of non-ortho nitro benzene ring substituents is 1. The summed E-state index contributed by atoms with van der Waals surface area (Å²) in [6, 6.07) is 7.19. The molecular formula is C88H144N2O21P4Si3. The number of carbonyl (C=O) groups is 4. The normalized spacial score (nSPS) is 33.4. The number of rotatable bonds is 29. The maximum Gasteiger partial charge on any atom is 0.407 e. The van der Waals surface area contributed by atoms with Gasteiger partial charge in [0.2, 0.25) is 0 Å². The zero-order chi connectivity index (χ0) is 87.2. The first-order chi connectivity index (χ1) is 56.1. The first kappa shape index (κ1) is 103. The number of ether oxygens (including phenoxy) is 12. The quantitative estimate of drug-likeness (QED) is 0.0149. The van der Waals surface area contributed by atoms with Crippen LogP contribution in [0.15, 0.2) is 135 Å². The van der Waals surface area contributed by atoms with Gasteiger partial charge in [-0.1, -0.05) is 214 Å². The molecular weight excluding hydrogens is 1630 g/mol. The molecule has 1 aromatic rings. The van der Waals surface area contributed by atoms with Crippen LogP contribution in [-0.4, -0.2) is 191 Å². The largest absolute Gasteiger partial charge is 0.462 e. The van der Waals surface area contributed by atoms with E-state index in [0.717, 1.165) is 24.2 Å². The topological polar surface area (TPSA) is 262 Å². The second-order valence-electron chi connectivity index (χ2n) is 33.3. The number of esters is 3. The molecule has 0 saturated carbocycles. The molecule has 6 rings (SSSR count). The lowest BCUT2D eigenvalue weighted by Gasteiger charge is -2.52. The summed E-state index contributed by atoms with van der Waals surface area (Å²) in [7, 11) is -2.36. The molecule has 7 unspecified atom stereocenters. The van der Waals surface area contributed by atoms with E-state index in [1.165, 1.54) is 36.4 Å². The zero-order valence-corrected chi connectivity index (χ0v) is 81.2. The Labute approximate surface area is 716 Å². The summed E-state index contributed by atoms with van der Waals surface area (Å²) in [4.78, 5) is 70.4. The van der Waals surface area contributed by atoms with Gasteiger partial charge < -0.3 is 75.4 Å². The first-order valence-corrected chi connectivity index (χ1v) is 57.0. The Morgan fingerprint density at radius 3 is 1.65 bits per heavy atom. The number of nitrogens with one attached hydrogen (secondary N) is 1. The van der Waals surface area contributed by atoms with Crippen LogP contribution in [0.5, 0.6) is 0 Å². The molecule has 23 nitrogen and oxygen atoms in total. The van der Waals surface area contributed by atoms with Crippen molar-refractivity contribution < 1.29 is 94.2 Å². The number of hydrogen-bond acceptors (Lipinski definition) is 21. The van der Waals surface area contributed by atoms with Crippen LogP contribution < -0.4 is 5.32 Å². The van der Waals surface area contributed by atoms with Crippen molar-refractivity contribution in [3.8, 4) is 0 Å². The molecule has 664 valence electrons. The first-order valence-electron chi connectivity index (χ1n) is 42.9. The SMILES string of the molecule is C=CCOC(=O)N[C@@H]1[C@@H](OC(=O)c2ccc([N+](=O)[O-])cc2)[C@H](O[C@H]2/C=C/C=C/C=C/C=C/C=C/C=C/C=C/[C@H](C)[C@@H](C)[C@@H](C)[C@H](C)OC(=O)C[C@H]3C[C@@H](CC[C@@H](O[Si](CC)(CC)C(C)C)[C@H]4C[C@@H](C[C@]5(OC)C[C@H](O[Si](CC)(CC)C(C)C)[C@@H](C(=O)OCC=C)C(C2)O5)OC(P(C)P)O4)OC(P(C)P)O3)O[C@H](C)[C@H]1O[Si](CC)(CC)C(C)C. The van der Waals surface area contributed by atoms with Crippen molar-refractivity contribution in [2.45, 2.75) is 325 Å². The van der Waals surface area contributed by atoms with Crippen LogP contribution in [0.2, 0.25) is 52.9 Å². The highest BCUT2D eigenvalue weighted by Crippen LogP contribution is 2.54. The van der Waals surface area contributed by atoms with E-state index < -0.39 is 160 Å². The Bertz CT molecular complexity index is 3520. The fraction of sp³-hybridized carbons (Fsp3) is 0.682. The summed E-state index contributed by atoms with van der Waals surface area (Å²) in [5.74, 6) is -4.02. The number of benzene rings is 1. The second-order valence-corrected chi connectivity index (χ2v) is 56.5. The molecule has 6 bridgehead atoms. The summed E-state index contributed by atoms with van der Waals surface area (Å²) in [5, 5.41) is 15.0. The molecule has 0 spiro atoms. The number of amides is 1. The molecule has 118 heavy (non-hydrogen) atoms. The highest BCUT2D eigenvalue weighted by molar-refractivity contribution is 8.13. The molecule has 25 atom stereocenters. The molecule has 0 aliphatic carbocycles. The number of nitrogens with zero attached hydrogens (tertiary/aromatic N) is 1. The third-order valence-corrected chi connectivity index (χ3v) is 44.1. The van der Waals surface area contributed by atoms with Crippen molar-refractivity contribution in [2.75, 3.05) is 33.7 Å². The predicted octanol–water partition coefficient (Wildman–Crippen LogP) is 20.8. The number of methoxy groups -OCH3 is 1. The summed E-state index contributed by atoms with van der Waals surface area (Å²) in [6.45, 7) is 48.0. The average molecular weight is 1770 g/mol. The van der Waals surface area contributed by atoms with Gasteiger partial charge in [-0.2, -0.15) is 0 Å². The molecule has 4 saturated heterocycles. The third-order valence-electron chi connectivity index (χ3n) is 25.0. The van der Waals surface area contributed by atoms with Gasteiger partial charge in [0.05, 0.1) is 77.9 Å². The lowest BCUT2D eigenvalue weighted by Crippen LogP contribution is -2.68. The number of fused-ring (bicyclic) bond motifs is 6. The number of alkyl carbamates (subject to hydrolysis) is 1. The Morgan fingerprint density at radius 2 is 1.13 bits per heavy atom. The number of cyclic esters (lactones) is 1. The van der Waals surface area contributed by atoms with E-state index in [0.29, 0.717) is 37.8 Å². The average Bonchev–Trinajstić information content (AvgIpc) is 0.759. The Morgan fingerprint density at radius 1 is 0.619 bits per heavy atom. The van der Waals surface area contributed by atoms with Crippen LogP contribution in [0, 0.1) is 33.8 Å². The predicted molar refractivity (Wildman–Crippen MR) is 485 cm³/mol. The van der Waals surface area contributed by atoms with E-state index in [1.54, 1.807) is 7.11 Å². The van der Waals surface area contributed by atoms with Crippen LogP contribution in [-0.2, 0) is 79.7 Å². The van der Waals surface area contributed by atoms with E-state index in [9.17, 15) is 24.5 Å². The summed E-state index contributed by atoms with van der Waals surface area (Å²) < 4.78 is 105. The number of carbonyl (C=O) groups excluding carboxylic acids is 4. The standard InChI is InChI=1S/C88H144N2O21P4Si3/c1-23-51-98-83(93)78-75-54-69(102-84-81(107-82(92)67-45-47-68(48-46-67)90(95)96)79(89-85(94)99-52-24-2)80(66(19)101-84)111-118(29-7,30-8)61(13)14)44-42-40-38-36-34-32-31-33-35-37-39-41-43-62(15)63(16)64(17)65(18)100-77(91)56-71-53-70(103-86(104-71)114(21)112)49-50-73(109-116(25-3,26-4)59(9)10)74-55-72(105-87(106-74)115(22)113)57-88(97-20,108-75)58-76(78)110-117(27-5,28-6)60(11)12/h23-24,31-48,59-66,69-76,78-81,84,86-87H,1-2,25-30,49-58,112-113H2,3-22H3,(H,89,94)/b32-31+,35-33+,36-34+,39-37+,40-38+,43-41+,44-42+/t62-,63+,64+,65-,66+,69-,70+,71+,72-,73+,74+,75?,76-,78-,79-,80+,81+,84-,86?,87?,88+,114?,115?/m0/s1. The fourth-order valence-corrected chi connectivity index (χ4v) is 30.0. The molecule has 4 fully saturated rings. The maximum absolute atomic E-state index is 15.6. The molecule has 0 radical (unpaired) electrons. The van der Waals surface area contributed by atoms with E-state index >= 15 is 4.79 Å². The van der Waals surface area contributed by atoms with Gasteiger partial charge in [0.15, 0.2) is 55.2 Å². The van der Waals surface area contributed by atoms with E-state index in [-0.39, 0.29) is 103 Å². The van der Waals surface area contributed by atoms with Crippen LogP contribution >= 0.6 is 33.1 Å². The minimum Gasteiger partial charge on any atom is -0.462 e. The lowest BCUT2D eigenvalue weighted by atomic mass is 9.82. The van der Waals surface area contributed by atoms with Crippen molar-refractivity contribution in [2.24, 2.45) is 23.7 Å². The number of allylic oxidation sites excluding steroid dienone is 13. The Balaban J connectivity index is 1.61. The molecule has 5 heterocycles. The van der Waals surface area contributed by atoms with Crippen molar-refractivity contribution in [1.29, 1.82) is 0 Å². The van der Waals surface area contributed by atoms with Crippen LogP contribution in [0.4, 0.5) is 10.5 Å². The van der Waals surface area contributed by atoms with Gasteiger partial charge in [0.1, 0.15) is 31.3 Å². The van der Waals surface area contributed by atoms with Gasteiger partial charge >= 0.3 is 24.0 Å². The van der Waals surface area contributed by atoms with Gasteiger partial charge in [-0.25, -0.2) is 9.59 Å². The smallest absolute Gasteiger partial charge is 0.407 e. The van der Waals surface area contributed by atoms with Crippen molar-refractivity contribution in [1.82, 2.24) is 5.32 Å². The lowest BCUT2D eigenvalue weighted by molar-refractivity contribution is -0.384. The molecule has 1 N–H and O–H groups in total. The minimum atomic E-state index is -2.78. The molecule has 5 aliphatic heterocycles. The van der Waals surface area contributed by atoms with Gasteiger partial charge in [-0.3, -0.25) is 19.7 Å². The number of nitro groups is 1. The van der Waals surface area contributed by atoms with Gasteiger partial charge in [0, 0.05) is 51.3 Å². The Kier molecular flexibility index (Phi) is 43.6. The second kappa shape index (κ2) is 50.1. The van der Waals surface area contributed by atoms with Crippen molar-refractivity contribution in [3.63, 3.8) is 0 Å². The molecule has 1 aromatic carbocycles. The summed E-state index contributed by atoms with van der Waals surface area (Å²) >= 11 is 0. The molecule has 30 heteroatoms. The highest BCUT2D eigenvalue weighted by Gasteiger charge is 2.58. The molecule has 1 amide bonds. The fourth-order valence-electron chi connectivity index (χ4n) is 16.9. The minimum absolute atomic E-state index is 0.0331. The molecule has 0 aromatic heterocycles. The van der Waals surface area contributed by atoms with E-state index in [4.69, 9.17) is 70.1 Å². The number of hydrogen-bond donors (Lipinski definition) is 1. The van der Waals surface area contributed by atoms with Gasteiger partial charge in [-0.05, 0) is 138 Å². The van der Waals surface area contributed by atoms with Crippen molar-refractivity contribution >= 4 is 87.7 Å². The van der Waals surface area contributed by atoms with E-state index in [1.807, 2.05) is 92.8 Å². The van der Waals surface area contributed by atoms with Gasteiger partial charge in [-0.15, -0.1) is 17.9 Å².